The van der Waals surface area contributed by atoms with Crippen molar-refractivity contribution in [1.82, 2.24) is 0 Å². The molecule has 7 heteroatoms. The number of carbonyl (C=O) groups is 1. The van der Waals surface area contributed by atoms with E-state index in [1.54, 1.807) is 0 Å². The third kappa shape index (κ3) is 4.05. The van der Waals surface area contributed by atoms with Gasteiger partial charge >= 0.3 is 5.97 Å². The van der Waals surface area contributed by atoms with E-state index < -0.39 is 25.8 Å². The van der Waals surface area contributed by atoms with E-state index in [4.69, 9.17) is 23.4 Å². The smallest absolute Gasteiger partial charge is 0.309 e. The highest BCUT2D eigenvalue weighted by Gasteiger charge is 2.77. The Balaban J connectivity index is 1.51. The highest BCUT2D eigenvalue weighted by atomic mass is 28.4. The number of benzene rings is 2. The minimum Gasteiger partial charge on any atom is -0.466 e. The van der Waals surface area contributed by atoms with E-state index in [0.717, 1.165) is 0 Å². The van der Waals surface area contributed by atoms with Crippen LogP contribution in [0.4, 0.5) is 0 Å². The molecule has 0 N–H and O–H groups in total. The number of carbonyl (C=O) groups excluding carboxylic acids is 1. The predicted octanol–water partition coefficient (Wildman–Crippen LogP) is 4.01. The summed E-state index contributed by atoms with van der Waals surface area (Å²) in [7, 11) is -2.76. The van der Waals surface area contributed by atoms with Gasteiger partial charge in [-0.2, -0.15) is 0 Å². The summed E-state index contributed by atoms with van der Waals surface area (Å²) in [5.41, 5.74) is -0.504. The van der Waals surface area contributed by atoms with Gasteiger partial charge in [-0.3, -0.25) is 4.79 Å². The van der Waals surface area contributed by atoms with E-state index in [-0.39, 0.29) is 29.1 Å². The molecule has 0 radical (unpaired) electrons. The molecule has 3 fully saturated rings. The van der Waals surface area contributed by atoms with Crippen molar-refractivity contribution in [3.8, 4) is 0 Å². The van der Waals surface area contributed by atoms with Crippen LogP contribution >= 0.6 is 0 Å². The van der Waals surface area contributed by atoms with E-state index in [0.29, 0.717) is 19.6 Å². The zero-order valence-electron chi connectivity index (χ0n) is 22.2. The molecule has 1 saturated carbocycles. The van der Waals surface area contributed by atoms with Crippen molar-refractivity contribution in [2.45, 2.75) is 77.3 Å². The molecule has 0 aromatic heterocycles. The molecule has 1 spiro atoms. The molecule has 2 heterocycles. The van der Waals surface area contributed by atoms with Crippen molar-refractivity contribution >= 4 is 24.7 Å². The van der Waals surface area contributed by atoms with Gasteiger partial charge < -0.3 is 23.4 Å². The number of fused-ring (bicyclic) bond motifs is 2. The first kappa shape index (κ1) is 25.6. The molecule has 1 unspecified atom stereocenters. The second kappa shape index (κ2) is 9.06. The van der Waals surface area contributed by atoms with Crippen LogP contribution in [0.25, 0.3) is 0 Å². The standard InChI is InChI=1S/C29H38O6Si/c1-7-31-25(30)22-18-29(22)23(33-26-24(29)34-28(5,6)35-26)19-32-36(27(2,3)4,20-14-10-8-11-15-20)21-16-12-9-13-17-21/h8-17,22-24,26H,7,18-19H2,1-6H3/t22?,23-,24+,26-,29-/m1/s1. The lowest BCUT2D eigenvalue weighted by Crippen LogP contribution is -2.67. The quantitative estimate of drug-likeness (QED) is 0.414. The van der Waals surface area contributed by atoms with Gasteiger partial charge in [-0.05, 0) is 42.6 Å². The van der Waals surface area contributed by atoms with Crippen LogP contribution in [0.3, 0.4) is 0 Å². The van der Waals surface area contributed by atoms with Gasteiger partial charge in [-0.15, -0.1) is 0 Å². The molecule has 36 heavy (non-hydrogen) atoms. The van der Waals surface area contributed by atoms with Crippen molar-refractivity contribution in [1.29, 1.82) is 0 Å². The van der Waals surface area contributed by atoms with E-state index in [1.165, 1.54) is 10.4 Å². The highest BCUT2D eigenvalue weighted by Crippen LogP contribution is 2.66. The van der Waals surface area contributed by atoms with Gasteiger partial charge in [0.25, 0.3) is 8.32 Å². The lowest BCUT2D eigenvalue weighted by atomic mass is 9.92. The first-order valence-electron chi connectivity index (χ1n) is 13.0. The molecule has 2 aliphatic heterocycles. The topological polar surface area (TPSA) is 63.2 Å². The third-order valence-electron chi connectivity index (χ3n) is 7.97. The second-order valence-electron chi connectivity index (χ2n) is 11.6. The van der Waals surface area contributed by atoms with Gasteiger partial charge in [-0.25, -0.2) is 0 Å². The van der Waals surface area contributed by atoms with Crippen LogP contribution in [-0.2, 0) is 28.2 Å². The molecule has 2 saturated heterocycles. The van der Waals surface area contributed by atoms with Crippen LogP contribution in [0.5, 0.6) is 0 Å². The van der Waals surface area contributed by atoms with Crippen LogP contribution in [0.1, 0.15) is 48.0 Å². The van der Waals surface area contributed by atoms with E-state index >= 15 is 0 Å². The van der Waals surface area contributed by atoms with Gasteiger partial charge in [-0.1, -0.05) is 81.4 Å². The summed E-state index contributed by atoms with van der Waals surface area (Å²) in [4.78, 5) is 12.9. The van der Waals surface area contributed by atoms with E-state index in [9.17, 15) is 4.79 Å². The molecule has 1 aliphatic carbocycles. The average Bonchev–Trinajstić information content (AvgIpc) is 3.43. The Morgan fingerprint density at radius 2 is 1.58 bits per heavy atom. The van der Waals surface area contributed by atoms with Crippen molar-refractivity contribution in [2.75, 3.05) is 13.2 Å². The summed E-state index contributed by atoms with van der Waals surface area (Å²) in [6.07, 6.45) is -0.525. The molecule has 5 atom stereocenters. The summed E-state index contributed by atoms with van der Waals surface area (Å²) in [5.74, 6) is -1.23. The molecular weight excluding hydrogens is 472 g/mol. The van der Waals surface area contributed by atoms with Crippen LogP contribution in [0.15, 0.2) is 60.7 Å². The maximum Gasteiger partial charge on any atom is 0.309 e. The van der Waals surface area contributed by atoms with Gasteiger partial charge in [0.2, 0.25) is 0 Å². The maximum absolute atomic E-state index is 12.9. The summed E-state index contributed by atoms with van der Waals surface area (Å²) >= 11 is 0. The summed E-state index contributed by atoms with van der Waals surface area (Å²) < 4.78 is 31.5. The number of esters is 1. The molecule has 6 nitrogen and oxygen atoms in total. The lowest BCUT2D eigenvalue weighted by Gasteiger charge is -2.44. The van der Waals surface area contributed by atoms with Crippen LogP contribution in [0, 0.1) is 11.3 Å². The first-order valence-corrected chi connectivity index (χ1v) is 14.9. The largest absolute Gasteiger partial charge is 0.466 e. The maximum atomic E-state index is 12.9. The fraction of sp³-hybridized carbons (Fsp3) is 0.552. The average molecular weight is 511 g/mol. The van der Waals surface area contributed by atoms with Gasteiger partial charge in [0, 0.05) is 5.41 Å². The molecule has 2 aromatic rings. The van der Waals surface area contributed by atoms with Crippen molar-refractivity contribution in [3.05, 3.63) is 60.7 Å². The lowest BCUT2D eigenvalue weighted by molar-refractivity contribution is -0.216. The monoisotopic (exact) mass is 510 g/mol. The third-order valence-corrected chi connectivity index (χ3v) is 13.0. The first-order chi connectivity index (χ1) is 17.0. The van der Waals surface area contributed by atoms with E-state index in [2.05, 4.69) is 69.3 Å². The van der Waals surface area contributed by atoms with Gasteiger partial charge in [0.1, 0.15) is 6.10 Å². The number of rotatable bonds is 7. The van der Waals surface area contributed by atoms with Crippen molar-refractivity contribution in [2.24, 2.45) is 11.3 Å². The molecule has 0 amide bonds. The summed E-state index contributed by atoms with van der Waals surface area (Å²) in [5, 5.41) is 2.26. The van der Waals surface area contributed by atoms with Crippen LogP contribution in [0.2, 0.25) is 5.04 Å². The molecule has 5 rings (SSSR count). The normalized spacial score (nSPS) is 30.8. The summed E-state index contributed by atoms with van der Waals surface area (Å²) in [6, 6.07) is 21.1. The van der Waals surface area contributed by atoms with Crippen molar-refractivity contribution in [3.63, 3.8) is 0 Å². The predicted molar refractivity (Wildman–Crippen MR) is 139 cm³/mol. The number of ether oxygens (including phenoxy) is 4. The molecule has 194 valence electrons. The zero-order valence-corrected chi connectivity index (χ0v) is 23.2. The zero-order chi connectivity index (χ0) is 25.8. The second-order valence-corrected chi connectivity index (χ2v) is 16.0. The molecule has 3 aliphatic rings. The molecule has 2 aromatic carbocycles. The number of hydrogen-bond donors (Lipinski definition) is 0. The Morgan fingerprint density at radius 3 is 2.11 bits per heavy atom. The fourth-order valence-corrected chi connectivity index (χ4v) is 10.9. The minimum atomic E-state index is -2.76. The Bertz CT molecular complexity index is 1040. The van der Waals surface area contributed by atoms with Gasteiger partial charge in [0.15, 0.2) is 12.1 Å². The van der Waals surface area contributed by atoms with Crippen molar-refractivity contribution < 1.29 is 28.2 Å². The number of hydrogen-bond acceptors (Lipinski definition) is 6. The Kier molecular flexibility index (Phi) is 6.45. The Morgan fingerprint density at radius 1 is 1.00 bits per heavy atom. The Hall–Kier alpha value is -2.03. The fourth-order valence-electron chi connectivity index (χ4n) is 6.33. The Labute approximate surface area is 215 Å². The van der Waals surface area contributed by atoms with Crippen LogP contribution < -0.4 is 10.4 Å². The SMILES string of the molecule is CCOC(=O)C1C[C@]12[C@@H](CO[Si](c1ccccc1)(c1ccccc1)C(C)(C)C)O[C@@H]1OC(C)(C)O[C@@H]12. The van der Waals surface area contributed by atoms with Gasteiger partial charge in [0.05, 0.1) is 25.2 Å². The summed E-state index contributed by atoms with van der Waals surface area (Å²) in [6.45, 7) is 13.1. The minimum absolute atomic E-state index is 0.156. The molecular formula is C29H38O6Si. The molecule has 0 bridgehead atoms. The van der Waals surface area contributed by atoms with Crippen LogP contribution in [-0.4, -0.2) is 51.8 Å². The highest BCUT2D eigenvalue weighted by molar-refractivity contribution is 6.99. The van der Waals surface area contributed by atoms with E-state index in [1.807, 2.05) is 32.9 Å².